The molecule has 0 atom stereocenters. The molecule has 0 amide bonds. The molecule has 0 unspecified atom stereocenters. The van der Waals surface area contributed by atoms with Gasteiger partial charge in [0.25, 0.3) is 0 Å². The van der Waals surface area contributed by atoms with Gasteiger partial charge < -0.3 is 5.53 Å². The SMILES string of the molecule is Cn1c(=O)c(=O)c(=[N+]=[N-])c1=O. The molecule has 0 fully saturated rings. The van der Waals surface area contributed by atoms with E-state index in [1.54, 1.807) is 0 Å². The fourth-order valence-electron chi connectivity index (χ4n) is 0.690. The van der Waals surface area contributed by atoms with Crippen molar-refractivity contribution in [3.63, 3.8) is 0 Å². The van der Waals surface area contributed by atoms with Crippen molar-refractivity contribution in [2.45, 2.75) is 0 Å². The van der Waals surface area contributed by atoms with E-state index in [-0.39, 0.29) is 0 Å². The van der Waals surface area contributed by atoms with E-state index in [0.29, 0.717) is 4.57 Å². The molecule has 0 N–H and O–H groups in total. The number of rotatable bonds is 0. The highest BCUT2D eigenvalue weighted by Crippen LogP contribution is 1.43. The molecule has 0 spiro atoms. The van der Waals surface area contributed by atoms with E-state index in [2.05, 4.69) is 4.79 Å². The summed E-state index contributed by atoms with van der Waals surface area (Å²) in [5.74, 6) is 0. The average molecular weight is 153 g/mol. The van der Waals surface area contributed by atoms with E-state index >= 15 is 0 Å². The van der Waals surface area contributed by atoms with Gasteiger partial charge in [-0.2, -0.15) is 4.79 Å². The van der Waals surface area contributed by atoms with Crippen molar-refractivity contribution in [2.75, 3.05) is 0 Å². The maximum atomic E-state index is 10.8. The maximum Gasteiger partial charge on any atom is 0.432 e. The molecule has 6 heteroatoms. The van der Waals surface area contributed by atoms with E-state index in [1.807, 2.05) is 0 Å². The van der Waals surface area contributed by atoms with Crippen LogP contribution in [-0.4, -0.2) is 9.36 Å². The first-order valence-corrected chi connectivity index (χ1v) is 2.68. The first-order chi connectivity index (χ1) is 5.09. The summed E-state index contributed by atoms with van der Waals surface area (Å²) in [6, 6.07) is 0. The molecule has 0 aromatic carbocycles. The summed E-state index contributed by atoms with van der Waals surface area (Å²) >= 11 is 0. The first kappa shape index (κ1) is 7.30. The van der Waals surface area contributed by atoms with Gasteiger partial charge >= 0.3 is 21.9 Å². The minimum atomic E-state index is -1.07. The summed E-state index contributed by atoms with van der Waals surface area (Å²) in [7, 11) is 1.14. The Morgan fingerprint density at radius 2 is 1.82 bits per heavy atom. The molecule has 0 saturated heterocycles. The highest BCUT2D eigenvalue weighted by Gasteiger charge is 2.15. The zero-order valence-electron chi connectivity index (χ0n) is 5.57. The Morgan fingerprint density at radius 3 is 2.00 bits per heavy atom. The fourth-order valence-corrected chi connectivity index (χ4v) is 0.690. The first-order valence-electron chi connectivity index (χ1n) is 2.68. The van der Waals surface area contributed by atoms with Crippen LogP contribution in [0.4, 0.5) is 0 Å². The van der Waals surface area contributed by atoms with Gasteiger partial charge in [0.05, 0.1) is 0 Å². The molecule has 0 aliphatic carbocycles. The van der Waals surface area contributed by atoms with Gasteiger partial charge in [-0.25, -0.2) is 0 Å². The fraction of sp³-hybridized carbons (Fsp3) is 0.200. The molecule has 6 nitrogen and oxygen atoms in total. The Bertz CT molecular complexity index is 511. The van der Waals surface area contributed by atoms with E-state index in [9.17, 15) is 14.4 Å². The van der Waals surface area contributed by atoms with Gasteiger partial charge in [-0.05, 0) is 0 Å². The summed E-state index contributed by atoms with van der Waals surface area (Å²) in [4.78, 5) is 34.5. The van der Waals surface area contributed by atoms with Crippen molar-refractivity contribution in [1.29, 1.82) is 0 Å². The number of hydrogen-bond acceptors (Lipinski definition) is 3. The number of hydrogen-bond donors (Lipinski definition) is 0. The molecular weight excluding hydrogens is 150 g/mol. The van der Waals surface area contributed by atoms with Crippen LogP contribution >= 0.6 is 0 Å². The van der Waals surface area contributed by atoms with Crippen LogP contribution in [0.3, 0.4) is 0 Å². The van der Waals surface area contributed by atoms with Crippen molar-refractivity contribution < 1.29 is 4.79 Å². The normalized spacial score (nSPS) is 9.55. The second-order valence-corrected chi connectivity index (χ2v) is 1.95. The molecule has 0 aliphatic rings. The largest absolute Gasteiger partial charge is 0.432 e. The van der Waals surface area contributed by atoms with Crippen LogP contribution in [0.2, 0.25) is 0 Å². The lowest BCUT2D eigenvalue weighted by molar-refractivity contribution is -0.0682. The minimum absolute atomic E-state index is 0.595. The Balaban J connectivity index is 4.29. The van der Waals surface area contributed by atoms with Gasteiger partial charge in [0.2, 0.25) is 0 Å². The van der Waals surface area contributed by atoms with Crippen LogP contribution in [-0.2, 0) is 7.05 Å². The standard InChI is InChI=1S/C5H3N3O3/c1-8-4(10)2(7-6)3(9)5(8)11/h1H3. The average Bonchev–Trinajstić information content (AvgIpc) is 2.17. The molecule has 1 heterocycles. The zero-order valence-corrected chi connectivity index (χ0v) is 5.57. The number of nitrogens with zero attached hydrogens (tertiary/aromatic N) is 3. The molecule has 0 saturated carbocycles. The number of aromatic nitrogens is 1. The van der Waals surface area contributed by atoms with Gasteiger partial charge in [-0.1, -0.05) is 0 Å². The summed E-state index contributed by atoms with van der Waals surface area (Å²) in [6.07, 6.45) is 0. The topological polar surface area (TPSA) is 92.5 Å². The van der Waals surface area contributed by atoms with Crippen molar-refractivity contribution in [3.05, 3.63) is 41.8 Å². The van der Waals surface area contributed by atoms with Crippen LogP contribution in [0.5, 0.6) is 0 Å². The van der Waals surface area contributed by atoms with Gasteiger partial charge in [0.1, 0.15) is 0 Å². The molecule has 0 radical (unpaired) electrons. The second-order valence-electron chi connectivity index (χ2n) is 1.95. The molecule has 56 valence electrons. The minimum Gasteiger partial charge on any atom is -0.360 e. The Morgan fingerprint density at radius 1 is 1.27 bits per heavy atom. The van der Waals surface area contributed by atoms with E-state index in [0.717, 1.165) is 7.05 Å². The molecule has 0 aliphatic heterocycles. The quantitative estimate of drug-likeness (QED) is 0.227. The van der Waals surface area contributed by atoms with Crippen LogP contribution in [0, 0.1) is 0 Å². The van der Waals surface area contributed by atoms with Gasteiger partial charge in [0.15, 0.2) is 0 Å². The van der Waals surface area contributed by atoms with Gasteiger partial charge in [-0.15, -0.1) is 0 Å². The predicted molar refractivity (Wildman–Crippen MR) is 33.3 cm³/mol. The van der Waals surface area contributed by atoms with Crippen molar-refractivity contribution in [3.8, 4) is 0 Å². The molecule has 1 aromatic rings. The monoisotopic (exact) mass is 153 g/mol. The van der Waals surface area contributed by atoms with E-state index in [1.165, 1.54) is 0 Å². The summed E-state index contributed by atoms with van der Waals surface area (Å²) in [5, 5.41) is -0.725. The van der Waals surface area contributed by atoms with Crippen molar-refractivity contribution in [1.82, 2.24) is 4.57 Å². The Hall–Kier alpha value is -1.81. The van der Waals surface area contributed by atoms with Crippen LogP contribution in [0.15, 0.2) is 14.4 Å². The summed E-state index contributed by atoms with van der Waals surface area (Å²) in [5.41, 5.74) is 5.20. The third-order valence-electron chi connectivity index (χ3n) is 1.32. The van der Waals surface area contributed by atoms with E-state index < -0.39 is 21.9 Å². The molecule has 0 bridgehead atoms. The Kier molecular flexibility index (Phi) is 1.40. The molecule has 1 aromatic heterocycles. The van der Waals surface area contributed by atoms with Crippen LogP contribution in [0.1, 0.15) is 0 Å². The van der Waals surface area contributed by atoms with Gasteiger partial charge in [0, 0.05) is 7.05 Å². The highest BCUT2D eigenvalue weighted by molar-refractivity contribution is 4.90. The third kappa shape index (κ3) is 0.770. The maximum absolute atomic E-state index is 10.8. The Labute approximate surface area is 59.3 Å². The van der Waals surface area contributed by atoms with Gasteiger partial charge in [-0.3, -0.25) is 19.0 Å². The van der Waals surface area contributed by atoms with Crippen molar-refractivity contribution >= 4 is 0 Å². The smallest absolute Gasteiger partial charge is 0.360 e. The van der Waals surface area contributed by atoms with Crippen molar-refractivity contribution in [2.24, 2.45) is 7.05 Å². The highest BCUT2D eigenvalue weighted by atomic mass is 16.2. The molecular formula is C5H3N3O3. The predicted octanol–water partition coefficient (Wildman–Crippen LogP) is -2.89. The lowest BCUT2D eigenvalue weighted by Gasteiger charge is -1.74. The second kappa shape index (κ2) is 2.10. The van der Waals surface area contributed by atoms with Crippen LogP contribution in [0.25, 0.3) is 5.53 Å². The third-order valence-corrected chi connectivity index (χ3v) is 1.32. The molecule has 11 heavy (non-hydrogen) atoms. The summed E-state index contributed by atoms with van der Waals surface area (Å²) < 4.78 is 0.595. The molecule has 1 rings (SSSR count). The van der Waals surface area contributed by atoms with E-state index in [4.69, 9.17) is 5.53 Å². The lowest BCUT2D eigenvalue weighted by Crippen LogP contribution is -2.36. The zero-order chi connectivity index (χ0) is 8.59. The van der Waals surface area contributed by atoms with Crippen LogP contribution < -0.4 is 21.9 Å². The summed E-state index contributed by atoms with van der Waals surface area (Å²) in [6.45, 7) is 0. The lowest BCUT2D eigenvalue weighted by atomic mass is 10.6.